The zero-order chi connectivity index (χ0) is 19.5. The van der Waals surface area contributed by atoms with Crippen LogP contribution in [0.25, 0.3) is 0 Å². The van der Waals surface area contributed by atoms with Crippen molar-refractivity contribution < 1.29 is 9.13 Å². The van der Waals surface area contributed by atoms with Crippen LogP contribution in [0, 0.1) is 5.82 Å². The third kappa shape index (κ3) is 4.29. The first kappa shape index (κ1) is 19.9. The minimum absolute atomic E-state index is 0.150. The van der Waals surface area contributed by atoms with Crippen molar-refractivity contribution in [3.8, 4) is 0 Å². The second-order valence-corrected chi connectivity index (χ2v) is 8.38. The van der Waals surface area contributed by atoms with Gasteiger partial charge in [-0.2, -0.15) is 0 Å². The number of aliphatic imine (C=N–C) groups is 1. The molecular weight excluding hydrogens is 379 g/mol. The van der Waals surface area contributed by atoms with E-state index in [2.05, 4.69) is 22.5 Å². The predicted octanol–water partition coefficient (Wildman–Crippen LogP) is 3.49. The van der Waals surface area contributed by atoms with Crippen LogP contribution in [0.1, 0.15) is 50.6 Å². The molecule has 3 aliphatic rings. The van der Waals surface area contributed by atoms with Crippen molar-refractivity contribution in [2.45, 2.75) is 63.3 Å². The van der Waals surface area contributed by atoms with E-state index < -0.39 is 0 Å². The lowest BCUT2D eigenvalue weighted by Crippen LogP contribution is -2.47. The fraction of sp³-hybridized carbons (Fsp3) is 0.667. The summed E-state index contributed by atoms with van der Waals surface area (Å²) in [5, 5.41) is 7.36. The molecule has 28 heavy (non-hydrogen) atoms. The van der Waals surface area contributed by atoms with E-state index in [9.17, 15) is 4.39 Å². The van der Waals surface area contributed by atoms with Crippen LogP contribution in [0.3, 0.4) is 0 Å². The first-order chi connectivity index (χ1) is 13.7. The maximum atomic E-state index is 14.6. The Hall–Kier alpha value is -1.37. The summed E-state index contributed by atoms with van der Waals surface area (Å²) in [5.74, 6) is 0.527. The molecule has 0 radical (unpaired) electrons. The number of ether oxygens (including phenoxy) is 1. The fourth-order valence-electron chi connectivity index (χ4n) is 4.73. The van der Waals surface area contributed by atoms with E-state index in [-0.39, 0.29) is 18.0 Å². The van der Waals surface area contributed by atoms with Gasteiger partial charge in [0.05, 0.1) is 30.8 Å². The highest BCUT2D eigenvalue weighted by Gasteiger charge is 2.41. The van der Waals surface area contributed by atoms with Gasteiger partial charge in [0.25, 0.3) is 0 Å². The van der Waals surface area contributed by atoms with Gasteiger partial charge in [-0.25, -0.2) is 4.39 Å². The number of likely N-dealkylation sites (tertiary alicyclic amines) is 1. The van der Waals surface area contributed by atoms with Crippen LogP contribution in [0.5, 0.6) is 0 Å². The molecule has 2 N–H and O–H groups in total. The Balaban J connectivity index is 1.52. The van der Waals surface area contributed by atoms with Gasteiger partial charge >= 0.3 is 0 Å². The number of hydrogen-bond acceptors (Lipinski definition) is 3. The van der Waals surface area contributed by atoms with Crippen LogP contribution in [0.2, 0.25) is 5.02 Å². The highest BCUT2D eigenvalue weighted by molar-refractivity contribution is 6.31. The maximum Gasteiger partial charge on any atom is 0.191 e. The van der Waals surface area contributed by atoms with Crippen molar-refractivity contribution in [3.63, 3.8) is 0 Å². The predicted molar refractivity (Wildman–Crippen MR) is 110 cm³/mol. The van der Waals surface area contributed by atoms with Crippen molar-refractivity contribution in [1.82, 2.24) is 15.5 Å². The van der Waals surface area contributed by atoms with Crippen LogP contribution in [-0.2, 0) is 4.74 Å². The summed E-state index contributed by atoms with van der Waals surface area (Å²) in [7, 11) is 0. The maximum absolute atomic E-state index is 14.6. The van der Waals surface area contributed by atoms with Crippen molar-refractivity contribution >= 4 is 17.6 Å². The van der Waals surface area contributed by atoms with Gasteiger partial charge in [0, 0.05) is 17.1 Å². The smallest absolute Gasteiger partial charge is 0.191 e. The van der Waals surface area contributed by atoms with Gasteiger partial charge < -0.3 is 15.4 Å². The van der Waals surface area contributed by atoms with Crippen LogP contribution in [-0.4, -0.2) is 55.3 Å². The van der Waals surface area contributed by atoms with Crippen LogP contribution >= 0.6 is 11.6 Å². The molecule has 2 bridgehead atoms. The Bertz CT molecular complexity index is 689. The van der Waals surface area contributed by atoms with Gasteiger partial charge in [-0.15, -0.1) is 0 Å². The molecule has 3 saturated heterocycles. The zero-order valence-corrected chi connectivity index (χ0v) is 17.2. The molecule has 3 heterocycles. The molecule has 154 valence electrons. The topological polar surface area (TPSA) is 48.9 Å². The lowest BCUT2D eigenvalue weighted by atomic mass is 9.96. The summed E-state index contributed by atoms with van der Waals surface area (Å²) >= 11 is 6.40. The summed E-state index contributed by atoms with van der Waals surface area (Å²) in [6.45, 7) is 5.21. The first-order valence-electron chi connectivity index (χ1n) is 10.5. The van der Waals surface area contributed by atoms with E-state index in [1.165, 1.54) is 12.5 Å². The Labute approximate surface area is 171 Å². The number of fused-ring (bicyclic) bond motifs is 2. The SMILES string of the molecule is CCNC(=NCC(c1c(F)cccc1Cl)N1CCCC1)NC1CC2CCC1O2. The Morgan fingerprint density at radius 2 is 2.18 bits per heavy atom. The number of rotatable bonds is 6. The molecule has 1 aromatic carbocycles. The highest BCUT2D eigenvalue weighted by atomic mass is 35.5. The lowest BCUT2D eigenvalue weighted by molar-refractivity contribution is 0.0992. The number of hydrogen-bond donors (Lipinski definition) is 2. The van der Waals surface area contributed by atoms with Crippen molar-refractivity contribution in [2.75, 3.05) is 26.2 Å². The molecule has 1 aromatic rings. The molecule has 0 amide bonds. The molecule has 3 aliphatic heterocycles. The monoisotopic (exact) mass is 408 g/mol. The third-order valence-electron chi connectivity index (χ3n) is 6.11. The fourth-order valence-corrected chi connectivity index (χ4v) is 5.02. The average molecular weight is 409 g/mol. The van der Waals surface area contributed by atoms with E-state index in [1.807, 2.05) is 0 Å². The van der Waals surface area contributed by atoms with Gasteiger partial charge in [0.2, 0.25) is 0 Å². The van der Waals surface area contributed by atoms with Gasteiger partial charge in [-0.05, 0) is 64.3 Å². The van der Waals surface area contributed by atoms with Crippen LogP contribution in [0.15, 0.2) is 23.2 Å². The molecule has 7 heteroatoms. The average Bonchev–Trinajstić information content (AvgIpc) is 3.42. The molecular formula is C21H30ClFN4O. The van der Waals surface area contributed by atoms with Crippen LogP contribution < -0.4 is 10.6 Å². The third-order valence-corrected chi connectivity index (χ3v) is 6.44. The van der Waals surface area contributed by atoms with Crippen molar-refractivity contribution in [1.29, 1.82) is 0 Å². The summed E-state index contributed by atoms with van der Waals surface area (Å²) in [4.78, 5) is 7.14. The van der Waals surface area contributed by atoms with Crippen molar-refractivity contribution in [2.24, 2.45) is 4.99 Å². The molecule has 0 saturated carbocycles. The molecule has 0 aliphatic carbocycles. The normalized spacial score (nSPS) is 28.7. The van der Waals surface area contributed by atoms with E-state index in [0.29, 0.717) is 29.3 Å². The number of halogens is 2. The molecule has 0 aromatic heterocycles. The van der Waals surface area contributed by atoms with Crippen molar-refractivity contribution in [3.05, 3.63) is 34.6 Å². The molecule has 5 nitrogen and oxygen atoms in total. The highest BCUT2D eigenvalue weighted by Crippen LogP contribution is 2.35. The molecule has 4 atom stereocenters. The van der Waals surface area contributed by atoms with E-state index in [0.717, 1.165) is 51.3 Å². The summed E-state index contributed by atoms with van der Waals surface area (Å²) < 4.78 is 20.6. The van der Waals surface area contributed by atoms with Crippen LogP contribution in [0.4, 0.5) is 4.39 Å². The largest absolute Gasteiger partial charge is 0.373 e. The van der Waals surface area contributed by atoms with Gasteiger partial charge in [-0.1, -0.05) is 17.7 Å². The number of benzene rings is 1. The molecule has 3 fully saturated rings. The minimum Gasteiger partial charge on any atom is -0.373 e. The zero-order valence-electron chi connectivity index (χ0n) is 16.5. The Morgan fingerprint density at radius 1 is 1.36 bits per heavy atom. The van der Waals surface area contributed by atoms with Gasteiger partial charge in [-0.3, -0.25) is 9.89 Å². The van der Waals surface area contributed by atoms with E-state index >= 15 is 0 Å². The molecule has 4 unspecified atom stereocenters. The second kappa shape index (κ2) is 8.97. The molecule has 0 spiro atoms. The van der Waals surface area contributed by atoms with Gasteiger partial charge in [0.1, 0.15) is 5.82 Å². The summed E-state index contributed by atoms with van der Waals surface area (Å²) in [6, 6.07) is 5.07. The summed E-state index contributed by atoms with van der Waals surface area (Å²) in [6.07, 6.45) is 6.25. The van der Waals surface area contributed by atoms with E-state index in [1.54, 1.807) is 12.1 Å². The standard InChI is InChI=1S/C21H30ClFN4O/c1-2-24-21(26-17-12-14-8-9-19(17)28-14)25-13-18(27-10-3-4-11-27)20-15(22)6-5-7-16(20)23/h5-7,14,17-19H,2-4,8-13H2,1H3,(H2,24,25,26). The molecule has 4 rings (SSSR count). The summed E-state index contributed by atoms with van der Waals surface area (Å²) in [5.41, 5.74) is 0.564. The van der Waals surface area contributed by atoms with E-state index in [4.69, 9.17) is 21.3 Å². The first-order valence-corrected chi connectivity index (χ1v) is 10.9. The van der Waals surface area contributed by atoms with Gasteiger partial charge in [0.15, 0.2) is 5.96 Å². The number of guanidine groups is 1. The lowest BCUT2D eigenvalue weighted by Gasteiger charge is -2.28. The Morgan fingerprint density at radius 3 is 2.82 bits per heavy atom. The number of nitrogens with zero attached hydrogens (tertiary/aromatic N) is 2. The Kier molecular flexibility index (Phi) is 6.38. The second-order valence-electron chi connectivity index (χ2n) is 7.97. The quantitative estimate of drug-likeness (QED) is 0.558. The minimum atomic E-state index is -0.251. The number of nitrogens with one attached hydrogen (secondary N) is 2.